The minimum Gasteiger partial charge on any atom is -0.480 e. The van der Waals surface area contributed by atoms with Gasteiger partial charge in [0.25, 0.3) is 5.69 Å². The van der Waals surface area contributed by atoms with Gasteiger partial charge in [0, 0.05) is 11.1 Å². The summed E-state index contributed by atoms with van der Waals surface area (Å²) < 4.78 is 12.7. The van der Waals surface area contributed by atoms with Crippen LogP contribution in [0.1, 0.15) is 26.5 Å². The fourth-order valence-corrected chi connectivity index (χ4v) is 4.30. The van der Waals surface area contributed by atoms with Crippen molar-refractivity contribution >= 4 is 46.6 Å². The van der Waals surface area contributed by atoms with Crippen LogP contribution in [-0.4, -0.2) is 27.3 Å². The molecule has 174 valence electrons. The third-order valence-corrected chi connectivity index (χ3v) is 6.09. The van der Waals surface area contributed by atoms with Crippen molar-refractivity contribution in [3.8, 4) is 11.6 Å². The van der Waals surface area contributed by atoms with E-state index in [2.05, 4.69) is 5.10 Å². The standard InChI is InChI=1S/C22H21Cl2N3O5S/c1-13-20(33-18-8-6-5-7-16(18)27(29)30)21(26(25-13)22(2,3)4)32-19(28)12-31-17-10-9-14(23)11-15(17)24/h5-11H,12H2,1-4H3. The zero-order valence-electron chi connectivity index (χ0n) is 18.3. The van der Waals surface area contributed by atoms with E-state index in [4.69, 9.17) is 32.7 Å². The van der Waals surface area contributed by atoms with Gasteiger partial charge >= 0.3 is 5.97 Å². The maximum absolute atomic E-state index is 12.7. The van der Waals surface area contributed by atoms with Crippen LogP contribution in [0.15, 0.2) is 52.3 Å². The number of hydrogen-bond acceptors (Lipinski definition) is 7. The number of hydrogen-bond donors (Lipinski definition) is 0. The Hall–Kier alpha value is -2.75. The van der Waals surface area contributed by atoms with E-state index in [-0.39, 0.29) is 22.3 Å². The predicted octanol–water partition coefficient (Wildman–Crippen LogP) is 6.30. The molecule has 8 nitrogen and oxygen atoms in total. The largest absolute Gasteiger partial charge is 0.480 e. The maximum Gasteiger partial charge on any atom is 0.350 e. The summed E-state index contributed by atoms with van der Waals surface area (Å²) in [6.07, 6.45) is 0. The van der Waals surface area contributed by atoms with Crippen LogP contribution in [0.3, 0.4) is 0 Å². The number of nitro groups is 1. The number of benzene rings is 2. The summed E-state index contributed by atoms with van der Waals surface area (Å²) in [4.78, 5) is 24.5. The third kappa shape index (κ3) is 5.98. The normalized spacial score (nSPS) is 11.3. The van der Waals surface area contributed by atoms with Crippen molar-refractivity contribution in [2.24, 2.45) is 0 Å². The summed E-state index contributed by atoms with van der Waals surface area (Å²) in [5.41, 5.74) is -0.0109. The van der Waals surface area contributed by atoms with Gasteiger partial charge in [0.15, 0.2) is 6.61 Å². The summed E-state index contributed by atoms with van der Waals surface area (Å²) in [5, 5.41) is 16.7. The van der Waals surface area contributed by atoms with Gasteiger partial charge in [-0.15, -0.1) is 0 Å². The fourth-order valence-electron chi connectivity index (χ4n) is 2.82. The number of nitro benzene ring substituents is 1. The molecule has 0 radical (unpaired) electrons. The second kappa shape index (κ2) is 10.0. The Labute approximate surface area is 204 Å². The zero-order valence-corrected chi connectivity index (χ0v) is 20.6. The van der Waals surface area contributed by atoms with Crippen LogP contribution in [0, 0.1) is 17.0 Å². The van der Waals surface area contributed by atoms with Crippen molar-refractivity contribution in [1.82, 2.24) is 9.78 Å². The molecule has 11 heteroatoms. The Kier molecular flexibility index (Phi) is 7.56. The van der Waals surface area contributed by atoms with E-state index < -0.39 is 23.0 Å². The molecule has 0 fully saturated rings. The van der Waals surface area contributed by atoms with Gasteiger partial charge in [-0.2, -0.15) is 5.10 Å². The lowest BCUT2D eigenvalue weighted by atomic mass is 10.1. The average Bonchev–Trinajstić information content (AvgIpc) is 3.03. The first-order valence-corrected chi connectivity index (χ1v) is 11.3. The highest BCUT2D eigenvalue weighted by Gasteiger charge is 2.29. The van der Waals surface area contributed by atoms with Gasteiger partial charge in [0.05, 0.1) is 31.0 Å². The van der Waals surface area contributed by atoms with Crippen molar-refractivity contribution in [2.45, 2.75) is 43.0 Å². The van der Waals surface area contributed by atoms with E-state index in [1.165, 1.54) is 12.1 Å². The van der Waals surface area contributed by atoms with E-state index in [0.29, 0.717) is 20.5 Å². The molecule has 0 aliphatic carbocycles. The molecule has 0 aliphatic rings. The summed E-state index contributed by atoms with van der Waals surface area (Å²) in [7, 11) is 0. The van der Waals surface area contributed by atoms with Gasteiger partial charge in [-0.3, -0.25) is 10.1 Å². The molecule has 0 N–H and O–H groups in total. The van der Waals surface area contributed by atoms with Crippen LogP contribution in [0.4, 0.5) is 5.69 Å². The smallest absolute Gasteiger partial charge is 0.350 e. The van der Waals surface area contributed by atoms with E-state index in [9.17, 15) is 14.9 Å². The summed E-state index contributed by atoms with van der Waals surface area (Å²) in [6.45, 7) is 7.05. The van der Waals surface area contributed by atoms with Crippen LogP contribution < -0.4 is 9.47 Å². The molecule has 3 rings (SSSR count). The average molecular weight is 510 g/mol. The molecule has 0 unspecified atom stereocenters. The van der Waals surface area contributed by atoms with E-state index >= 15 is 0 Å². The number of para-hydroxylation sites is 1. The number of aromatic nitrogens is 2. The molecule has 0 atom stereocenters. The Balaban J connectivity index is 1.90. The van der Waals surface area contributed by atoms with Crippen LogP contribution in [0.5, 0.6) is 11.6 Å². The lowest BCUT2D eigenvalue weighted by Crippen LogP contribution is -2.27. The Morgan fingerprint density at radius 1 is 1.21 bits per heavy atom. The molecule has 0 aliphatic heterocycles. The van der Waals surface area contributed by atoms with Crippen molar-refractivity contribution in [1.29, 1.82) is 0 Å². The number of esters is 1. The van der Waals surface area contributed by atoms with Crippen LogP contribution in [-0.2, 0) is 10.3 Å². The number of rotatable bonds is 7. The highest BCUT2D eigenvalue weighted by atomic mass is 35.5. The minimum absolute atomic E-state index is 0.0524. The molecule has 3 aromatic rings. The first kappa shape index (κ1) is 24.9. The Bertz CT molecular complexity index is 1210. The van der Waals surface area contributed by atoms with E-state index in [1.54, 1.807) is 41.9 Å². The zero-order chi connectivity index (χ0) is 24.3. The highest BCUT2D eigenvalue weighted by molar-refractivity contribution is 7.99. The molecule has 1 heterocycles. The molecule has 0 amide bonds. The molecule has 0 saturated heterocycles. The number of nitrogens with zero attached hydrogens (tertiary/aromatic N) is 3. The lowest BCUT2D eigenvalue weighted by molar-refractivity contribution is -0.387. The van der Waals surface area contributed by atoms with E-state index in [0.717, 1.165) is 11.8 Å². The number of carbonyl (C=O) groups is 1. The van der Waals surface area contributed by atoms with Gasteiger partial charge in [-0.1, -0.05) is 47.1 Å². The Morgan fingerprint density at radius 3 is 2.55 bits per heavy atom. The molecule has 0 spiro atoms. The van der Waals surface area contributed by atoms with Gasteiger partial charge < -0.3 is 9.47 Å². The molecule has 0 saturated carbocycles. The number of halogens is 2. The van der Waals surface area contributed by atoms with Crippen molar-refractivity contribution in [2.75, 3.05) is 6.61 Å². The molecule has 1 aromatic heterocycles. The molecule has 0 bridgehead atoms. The topological polar surface area (TPSA) is 96.5 Å². The Morgan fingerprint density at radius 2 is 1.91 bits per heavy atom. The first-order chi connectivity index (χ1) is 15.5. The summed E-state index contributed by atoms with van der Waals surface area (Å²) >= 11 is 13.1. The van der Waals surface area contributed by atoms with Gasteiger partial charge in [0.2, 0.25) is 5.88 Å². The second-order valence-electron chi connectivity index (χ2n) is 7.97. The first-order valence-electron chi connectivity index (χ1n) is 9.77. The van der Waals surface area contributed by atoms with Crippen molar-refractivity contribution in [3.63, 3.8) is 0 Å². The van der Waals surface area contributed by atoms with Crippen LogP contribution in [0.25, 0.3) is 0 Å². The van der Waals surface area contributed by atoms with Gasteiger partial charge in [-0.05, 0) is 52.0 Å². The van der Waals surface area contributed by atoms with Crippen LogP contribution >= 0.6 is 35.0 Å². The second-order valence-corrected chi connectivity index (χ2v) is 9.86. The fraction of sp³-hybridized carbons (Fsp3) is 0.273. The minimum atomic E-state index is -0.684. The highest BCUT2D eigenvalue weighted by Crippen LogP contribution is 2.43. The summed E-state index contributed by atoms with van der Waals surface area (Å²) in [6, 6.07) is 11.0. The molecular weight excluding hydrogens is 489 g/mol. The summed E-state index contributed by atoms with van der Waals surface area (Å²) in [5.74, 6) is -0.220. The molecule has 33 heavy (non-hydrogen) atoms. The molecular formula is C22H21Cl2N3O5S. The maximum atomic E-state index is 12.7. The van der Waals surface area contributed by atoms with Gasteiger partial charge in [0.1, 0.15) is 5.75 Å². The van der Waals surface area contributed by atoms with Crippen molar-refractivity contribution in [3.05, 3.63) is 68.3 Å². The van der Waals surface area contributed by atoms with E-state index in [1.807, 2.05) is 20.8 Å². The molecule has 2 aromatic carbocycles. The third-order valence-electron chi connectivity index (χ3n) is 4.32. The number of aryl methyl sites for hydroxylation is 1. The monoisotopic (exact) mass is 509 g/mol. The number of carbonyl (C=O) groups excluding carboxylic acids is 1. The van der Waals surface area contributed by atoms with Gasteiger partial charge in [-0.25, -0.2) is 9.48 Å². The quantitative estimate of drug-likeness (QED) is 0.209. The number of ether oxygens (including phenoxy) is 2. The SMILES string of the molecule is Cc1nn(C(C)(C)C)c(OC(=O)COc2ccc(Cl)cc2Cl)c1Sc1ccccc1[N+](=O)[O-]. The van der Waals surface area contributed by atoms with Crippen molar-refractivity contribution < 1.29 is 19.2 Å². The lowest BCUT2D eigenvalue weighted by Gasteiger charge is -2.22. The van der Waals surface area contributed by atoms with Crippen LogP contribution in [0.2, 0.25) is 10.0 Å². The predicted molar refractivity (Wildman–Crippen MR) is 127 cm³/mol.